The minimum atomic E-state index is 0.516. The molecule has 1 saturated carbocycles. The molecular weight excluding hydrogens is 210 g/mol. The number of hydrogen-bond acceptors (Lipinski definition) is 2. The van der Waals surface area contributed by atoms with Crippen LogP contribution in [-0.4, -0.2) is 25.3 Å². The van der Waals surface area contributed by atoms with Gasteiger partial charge in [0, 0.05) is 19.2 Å². The lowest BCUT2D eigenvalue weighted by molar-refractivity contribution is 0.0854. The van der Waals surface area contributed by atoms with Gasteiger partial charge in [0.1, 0.15) is 0 Å². The van der Waals surface area contributed by atoms with Crippen molar-refractivity contribution in [2.75, 3.05) is 13.2 Å². The summed E-state index contributed by atoms with van der Waals surface area (Å²) in [4.78, 5) is 0. The number of rotatable bonds is 4. The monoisotopic (exact) mass is 239 g/mol. The van der Waals surface area contributed by atoms with Crippen molar-refractivity contribution in [1.82, 2.24) is 5.32 Å². The molecule has 2 fully saturated rings. The molecule has 2 nitrogen and oxygen atoms in total. The maximum Gasteiger partial charge on any atom is 0.0613 e. The van der Waals surface area contributed by atoms with Gasteiger partial charge in [-0.3, -0.25) is 0 Å². The van der Waals surface area contributed by atoms with Gasteiger partial charge in [0.25, 0.3) is 0 Å². The quantitative estimate of drug-likeness (QED) is 0.813. The summed E-state index contributed by atoms with van der Waals surface area (Å²) >= 11 is 0. The molecule has 0 aromatic heterocycles. The Morgan fingerprint density at radius 3 is 2.65 bits per heavy atom. The Morgan fingerprint density at radius 1 is 1.12 bits per heavy atom. The molecule has 2 rings (SSSR count). The Labute approximate surface area is 107 Å². The van der Waals surface area contributed by atoms with Crippen LogP contribution >= 0.6 is 0 Å². The Balaban J connectivity index is 1.71. The second kappa shape index (κ2) is 6.19. The first-order valence-corrected chi connectivity index (χ1v) is 7.55. The van der Waals surface area contributed by atoms with Crippen molar-refractivity contribution in [2.45, 2.75) is 65.0 Å². The van der Waals surface area contributed by atoms with E-state index in [1.807, 2.05) is 0 Å². The molecule has 0 amide bonds. The fourth-order valence-electron chi connectivity index (χ4n) is 3.43. The van der Waals surface area contributed by atoms with Crippen molar-refractivity contribution in [3.05, 3.63) is 0 Å². The molecule has 0 aromatic carbocycles. The Bertz CT molecular complexity index is 231. The van der Waals surface area contributed by atoms with Gasteiger partial charge in [-0.15, -0.1) is 0 Å². The third kappa shape index (κ3) is 3.45. The van der Waals surface area contributed by atoms with Gasteiger partial charge in [0.2, 0.25) is 0 Å². The Hall–Kier alpha value is -0.0800. The Kier molecular flexibility index (Phi) is 4.87. The highest BCUT2D eigenvalue weighted by atomic mass is 16.5. The average molecular weight is 239 g/mol. The number of ether oxygens (including phenoxy) is 1. The van der Waals surface area contributed by atoms with Crippen molar-refractivity contribution >= 4 is 0 Å². The van der Waals surface area contributed by atoms with Crippen LogP contribution in [0.4, 0.5) is 0 Å². The van der Waals surface area contributed by atoms with Gasteiger partial charge < -0.3 is 10.1 Å². The smallest absolute Gasteiger partial charge is 0.0613 e. The first-order valence-electron chi connectivity index (χ1n) is 7.55. The summed E-state index contributed by atoms with van der Waals surface area (Å²) < 4.78 is 5.75. The van der Waals surface area contributed by atoms with E-state index in [1.165, 1.54) is 38.6 Å². The SMILES string of the molecule is CCC1OCCC1CNC1CCC(C)C(C)C1. The zero-order valence-electron chi connectivity index (χ0n) is 11.7. The van der Waals surface area contributed by atoms with Gasteiger partial charge in [-0.1, -0.05) is 20.8 Å². The predicted molar refractivity (Wildman–Crippen MR) is 72.1 cm³/mol. The van der Waals surface area contributed by atoms with Crippen molar-refractivity contribution in [3.63, 3.8) is 0 Å². The van der Waals surface area contributed by atoms with E-state index in [0.717, 1.165) is 30.4 Å². The van der Waals surface area contributed by atoms with Crippen LogP contribution < -0.4 is 5.32 Å². The van der Waals surface area contributed by atoms with E-state index in [4.69, 9.17) is 4.74 Å². The molecule has 5 atom stereocenters. The second-order valence-electron chi connectivity index (χ2n) is 6.24. The first kappa shape index (κ1) is 13.4. The molecule has 2 heteroatoms. The third-order valence-corrected chi connectivity index (χ3v) is 5.02. The minimum absolute atomic E-state index is 0.516. The van der Waals surface area contributed by atoms with Crippen LogP contribution in [-0.2, 0) is 4.74 Å². The van der Waals surface area contributed by atoms with Crippen molar-refractivity contribution in [2.24, 2.45) is 17.8 Å². The lowest BCUT2D eigenvalue weighted by Crippen LogP contribution is -2.40. The van der Waals surface area contributed by atoms with Crippen LogP contribution in [0.2, 0.25) is 0 Å². The fraction of sp³-hybridized carbons (Fsp3) is 1.00. The van der Waals surface area contributed by atoms with E-state index in [-0.39, 0.29) is 0 Å². The molecule has 1 aliphatic heterocycles. The Morgan fingerprint density at radius 2 is 1.94 bits per heavy atom. The molecule has 1 heterocycles. The predicted octanol–water partition coefficient (Wildman–Crippen LogP) is 3.22. The normalized spacial score (nSPS) is 42.9. The van der Waals surface area contributed by atoms with E-state index >= 15 is 0 Å². The number of nitrogens with one attached hydrogen (secondary N) is 1. The number of hydrogen-bond donors (Lipinski definition) is 1. The average Bonchev–Trinajstić information content (AvgIpc) is 2.78. The summed E-state index contributed by atoms with van der Waals surface area (Å²) in [5.41, 5.74) is 0. The maximum atomic E-state index is 5.75. The van der Waals surface area contributed by atoms with E-state index in [2.05, 4.69) is 26.1 Å². The molecule has 0 spiro atoms. The first-order chi connectivity index (χ1) is 8.20. The molecule has 5 unspecified atom stereocenters. The zero-order chi connectivity index (χ0) is 12.3. The van der Waals surface area contributed by atoms with Crippen LogP contribution in [0.25, 0.3) is 0 Å². The van der Waals surface area contributed by atoms with E-state index in [0.29, 0.717) is 6.10 Å². The van der Waals surface area contributed by atoms with Crippen LogP contribution in [0.1, 0.15) is 52.9 Å². The molecule has 0 radical (unpaired) electrons. The second-order valence-corrected chi connectivity index (χ2v) is 6.24. The molecular formula is C15H29NO. The van der Waals surface area contributed by atoms with Crippen LogP contribution in [0.5, 0.6) is 0 Å². The highest BCUT2D eigenvalue weighted by Gasteiger charge is 2.29. The molecule has 1 N–H and O–H groups in total. The highest BCUT2D eigenvalue weighted by Crippen LogP contribution is 2.30. The van der Waals surface area contributed by atoms with Crippen LogP contribution in [0.3, 0.4) is 0 Å². The largest absolute Gasteiger partial charge is 0.378 e. The van der Waals surface area contributed by atoms with Crippen molar-refractivity contribution in [3.8, 4) is 0 Å². The maximum absolute atomic E-state index is 5.75. The highest BCUT2D eigenvalue weighted by molar-refractivity contribution is 4.83. The van der Waals surface area contributed by atoms with Gasteiger partial charge >= 0.3 is 0 Å². The van der Waals surface area contributed by atoms with E-state index in [1.54, 1.807) is 0 Å². The molecule has 1 saturated heterocycles. The van der Waals surface area contributed by atoms with Crippen LogP contribution in [0, 0.1) is 17.8 Å². The lowest BCUT2D eigenvalue weighted by Gasteiger charge is -2.33. The summed E-state index contributed by atoms with van der Waals surface area (Å²) in [5.74, 6) is 2.57. The van der Waals surface area contributed by atoms with Crippen molar-refractivity contribution < 1.29 is 4.74 Å². The van der Waals surface area contributed by atoms with Gasteiger partial charge in [-0.2, -0.15) is 0 Å². The molecule has 2 aliphatic rings. The third-order valence-electron chi connectivity index (χ3n) is 5.02. The fourth-order valence-corrected chi connectivity index (χ4v) is 3.43. The molecule has 17 heavy (non-hydrogen) atoms. The minimum Gasteiger partial charge on any atom is -0.378 e. The van der Waals surface area contributed by atoms with Crippen LogP contribution in [0.15, 0.2) is 0 Å². The zero-order valence-corrected chi connectivity index (χ0v) is 11.7. The summed E-state index contributed by atoms with van der Waals surface area (Å²) in [6.07, 6.45) is 7.08. The van der Waals surface area contributed by atoms with Gasteiger partial charge in [-0.25, -0.2) is 0 Å². The summed E-state index contributed by atoms with van der Waals surface area (Å²) in [7, 11) is 0. The summed E-state index contributed by atoms with van der Waals surface area (Å²) in [5, 5.41) is 3.80. The van der Waals surface area contributed by atoms with Gasteiger partial charge in [0.15, 0.2) is 0 Å². The lowest BCUT2D eigenvalue weighted by atomic mass is 9.79. The molecule has 0 aromatic rings. The molecule has 1 aliphatic carbocycles. The molecule has 0 bridgehead atoms. The standard InChI is InChI=1S/C15H29NO/c1-4-15-13(7-8-17-15)10-16-14-6-5-11(2)12(3)9-14/h11-16H,4-10H2,1-3H3. The molecule has 100 valence electrons. The van der Waals surface area contributed by atoms with E-state index in [9.17, 15) is 0 Å². The van der Waals surface area contributed by atoms with Gasteiger partial charge in [0.05, 0.1) is 6.10 Å². The summed E-state index contributed by atoms with van der Waals surface area (Å²) in [6.45, 7) is 9.20. The van der Waals surface area contributed by atoms with Crippen molar-refractivity contribution in [1.29, 1.82) is 0 Å². The topological polar surface area (TPSA) is 21.3 Å². The van der Waals surface area contributed by atoms with Gasteiger partial charge in [-0.05, 0) is 49.9 Å². The van der Waals surface area contributed by atoms with E-state index < -0.39 is 0 Å². The summed E-state index contributed by atoms with van der Waals surface area (Å²) in [6, 6.07) is 0.763.